The van der Waals surface area contributed by atoms with Gasteiger partial charge in [-0.05, 0) is 5.92 Å². The Morgan fingerprint density at radius 1 is 0.290 bits per heavy atom. The molecule has 0 aromatic rings. The Hall–Kier alpha value is 0. The first-order chi connectivity index (χ1) is 15.3. The van der Waals surface area contributed by atoms with E-state index in [0.717, 1.165) is 5.92 Å². The quantitative estimate of drug-likeness (QED) is 0.112. The molecule has 0 heterocycles. The van der Waals surface area contributed by atoms with Crippen molar-refractivity contribution >= 4 is 0 Å². The molecule has 0 saturated heterocycles. The first kappa shape index (κ1) is 31.0. The molecule has 0 amide bonds. The molecule has 0 saturated carbocycles. The van der Waals surface area contributed by atoms with Crippen molar-refractivity contribution in [1.29, 1.82) is 0 Å². The molecule has 0 aromatic carbocycles. The third kappa shape index (κ3) is 28.0. The van der Waals surface area contributed by atoms with Gasteiger partial charge in [-0.1, -0.05) is 194 Å². The Labute approximate surface area is 200 Å². The summed E-state index contributed by atoms with van der Waals surface area (Å²) in [5, 5.41) is 0. The first-order valence-electron chi connectivity index (χ1n) is 15.3. The van der Waals surface area contributed by atoms with Crippen LogP contribution in [0.1, 0.15) is 194 Å². The molecule has 0 unspecified atom stereocenters. The van der Waals surface area contributed by atoms with Crippen LogP contribution >= 0.6 is 0 Å². The zero-order valence-corrected chi connectivity index (χ0v) is 22.7. The second-order valence-corrected chi connectivity index (χ2v) is 10.8. The molecular formula is C31H64. The van der Waals surface area contributed by atoms with Gasteiger partial charge in [0.05, 0.1) is 0 Å². The number of rotatable bonds is 27. The Kier molecular flexibility index (Phi) is 28.0. The van der Waals surface area contributed by atoms with Gasteiger partial charge in [0, 0.05) is 0 Å². The Bertz CT molecular complexity index is 294. The van der Waals surface area contributed by atoms with Crippen LogP contribution in [-0.2, 0) is 0 Å². The van der Waals surface area contributed by atoms with Gasteiger partial charge in [-0.2, -0.15) is 0 Å². The van der Waals surface area contributed by atoms with E-state index in [0.29, 0.717) is 0 Å². The lowest BCUT2D eigenvalue weighted by atomic mass is 9.98. The smallest absolute Gasteiger partial charge is 0.0443 e. The molecule has 0 spiro atoms. The summed E-state index contributed by atoms with van der Waals surface area (Å²) in [4.78, 5) is 0. The summed E-state index contributed by atoms with van der Waals surface area (Å²) < 4.78 is 0. The van der Waals surface area contributed by atoms with Crippen molar-refractivity contribution in [1.82, 2.24) is 0 Å². The van der Waals surface area contributed by atoms with Crippen LogP contribution < -0.4 is 0 Å². The van der Waals surface area contributed by atoms with E-state index in [1.54, 1.807) is 0 Å². The molecule has 188 valence electrons. The molecule has 0 aliphatic rings. The van der Waals surface area contributed by atoms with Crippen molar-refractivity contribution in [2.75, 3.05) is 0 Å². The third-order valence-corrected chi connectivity index (χ3v) is 7.33. The summed E-state index contributed by atoms with van der Waals surface area (Å²) in [5.41, 5.74) is 0. The topological polar surface area (TPSA) is 0 Å². The predicted octanol–water partition coefficient (Wildman–Crippen LogP) is 12.2. The summed E-state index contributed by atoms with van der Waals surface area (Å²) in [6.07, 6.45) is 39.8. The Balaban J connectivity index is 3.02. The van der Waals surface area contributed by atoms with Crippen molar-refractivity contribution in [2.45, 2.75) is 194 Å². The molecule has 0 rings (SSSR count). The molecule has 0 bridgehead atoms. The van der Waals surface area contributed by atoms with E-state index in [4.69, 9.17) is 0 Å². The van der Waals surface area contributed by atoms with E-state index in [9.17, 15) is 0 Å². The van der Waals surface area contributed by atoms with Crippen molar-refractivity contribution in [3.05, 3.63) is 0 Å². The number of hydrogen-bond donors (Lipinski definition) is 0. The summed E-state index contributed by atoms with van der Waals surface area (Å²) in [6.45, 7) is 7.05. The Morgan fingerprint density at radius 3 is 0.806 bits per heavy atom. The van der Waals surface area contributed by atoms with E-state index < -0.39 is 0 Å². The van der Waals surface area contributed by atoms with Gasteiger partial charge in [0.2, 0.25) is 0 Å². The van der Waals surface area contributed by atoms with Crippen LogP contribution in [0.3, 0.4) is 0 Å². The molecule has 0 aliphatic heterocycles. The summed E-state index contributed by atoms with van der Waals surface area (Å²) in [5.74, 6) is 0.963. The van der Waals surface area contributed by atoms with E-state index >= 15 is 0 Å². The van der Waals surface area contributed by atoms with Crippen molar-refractivity contribution < 1.29 is 0 Å². The highest BCUT2D eigenvalue weighted by atomic mass is 14.1. The molecular weight excluding hydrogens is 372 g/mol. The van der Waals surface area contributed by atoms with Crippen LogP contribution in [-0.4, -0.2) is 0 Å². The minimum atomic E-state index is 0.963. The maximum Gasteiger partial charge on any atom is -0.0443 e. The fraction of sp³-hybridized carbons (Fsp3) is 1.00. The van der Waals surface area contributed by atoms with Crippen LogP contribution in [0.25, 0.3) is 0 Å². The van der Waals surface area contributed by atoms with Crippen LogP contribution in [0, 0.1) is 5.92 Å². The van der Waals surface area contributed by atoms with Gasteiger partial charge in [-0.25, -0.2) is 0 Å². The normalized spacial score (nSPS) is 12.5. The predicted molar refractivity (Wildman–Crippen MR) is 145 cm³/mol. The standard InChI is InChI=1S/C31H64/c1-4-6-7-8-9-10-11-12-13-14-15-16-17-18-19-20-21-22-23-24-25-26-27-28-30-31(3)29-5-2/h31H,4-30H2,1-3H3/t31-/m1/s1. The monoisotopic (exact) mass is 437 g/mol. The van der Waals surface area contributed by atoms with Crippen LogP contribution in [0.4, 0.5) is 0 Å². The van der Waals surface area contributed by atoms with Crippen molar-refractivity contribution in [2.24, 2.45) is 5.92 Å². The summed E-state index contributed by atoms with van der Waals surface area (Å²) in [6, 6.07) is 0. The lowest BCUT2D eigenvalue weighted by Gasteiger charge is -2.09. The SMILES string of the molecule is CCCCCCCCCCCCCCCCCCCCCCCCCC[C@H](C)CCC. The highest BCUT2D eigenvalue weighted by molar-refractivity contribution is 4.54. The average Bonchev–Trinajstić information content (AvgIpc) is 2.77. The average molecular weight is 437 g/mol. The van der Waals surface area contributed by atoms with E-state index in [1.807, 2.05) is 0 Å². The number of hydrogen-bond acceptors (Lipinski definition) is 0. The molecule has 0 radical (unpaired) electrons. The molecule has 0 fully saturated rings. The fourth-order valence-corrected chi connectivity index (χ4v) is 5.09. The lowest BCUT2D eigenvalue weighted by Crippen LogP contribution is -1.93. The van der Waals surface area contributed by atoms with Gasteiger partial charge in [0.25, 0.3) is 0 Å². The van der Waals surface area contributed by atoms with Gasteiger partial charge >= 0.3 is 0 Å². The minimum Gasteiger partial charge on any atom is -0.0654 e. The third-order valence-electron chi connectivity index (χ3n) is 7.33. The van der Waals surface area contributed by atoms with Crippen molar-refractivity contribution in [3.8, 4) is 0 Å². The Morgan fingerprint density at radius 2 is 0.548 bits per heavy atom. The maximum atomic E-state index is 2.43. The molecule has 0 nitrogen and oxygen atoms in total. The van der Waals surface area contributed by atoms with E-state index in [1.165, 1.54) is 173 Å². The van der Waals surface area contributed by atoms with Gasteiger partial charge < -0.3 is 0 Å². The van der Waals surface area contributed by atoms with Gasteiger partial charge in [-0.3, -0.25) is 0 Å². The molecule has 31 heavy (non-hydrogen) atoms. The fourth-order valence-electron chi connectivity index (χ4n) is 5.09. The van der Waals surface area contributed by atoms with Crippen LogP contribution in [0.5, 0.6) is 0 Å². The molecule has 0 heteroatoms. The van der Waals surface area contributed by atoms with Crippen molar-refractivity contribution in [3.63, 3.8) is 0 Å². The molecule has 0 N–H and O–H groups in total. The van der Waals surface area contributed by atoms with E-state index in [2.05, 4.69) is 20.8 Å². The lowest BCUT2D eigenvalue weighted by molar-refractivity contribution is 0.449. The van der Waals surface area contributed by atoms with Crippen LogP contribution in [0.15, 0.2) is 0 Å². The maximum absolute atomic E-state index is 2.43. The number of unbranched alkanes of at least 4 members (excludes halogenated alkanes) is 23. The van der Waals surface area contributed by atoms with Gasteiger partial charge in [-0.15, -0.1) is 0 Å². The van der Waals surface area contributed by atoms with Crippen LogP contribution in [0.2, 0.25) is 0 Å². The summed E-state index contributed by atoms with van der Waals surface area (Å²) >= 11 is 0. The molecule has 0 aromatic heterocycles. The summed E-state index contributed by atoms with van der Waals surface area (Å²) in [7, 11) is 0. The van der Waals surface area contributed by atoms with Gasteiger partial charge in [0.15, 0.2) is 0 Å². The highest BCUT2D eigenvalue weighted by Gasteiger charge is 2.00. The minimum absolute atomic E-state index is 0.963. The second kappa shape index (κ2) is 28.0. The highest BCUT2D eigenvalue weighted by Crippen LogP contribution is 2.17. The zero-order valence-electron chi connectivity index (χ0n) is 22.7. The molecule has 0 aliphatic carbocycles. The largest absolute Gasteiger partial charge is 0.0654 e. The first-order valence-corrected chi connectivity index (χ1v) is 15.3. The molecule has 1 atom stereocenters. The second-order valence-electron chi connectivity index (χ2n) is 10.8. The van der Waals surface area contributed by atoms with E-state index in [-0.39, 0.29) is 0 Å². The van der Waals surface area contributed by atoms with Gasteiger partial charge in [0.1, 0.15) is 0 Å². The zero-order chi connectivity index (χ0) is 22.7.